The molecule has 0 fully saturated rings. The van der Waals surface area contributed by atoms with E-state index in [1.807, 2.05) is 45.9 Å². The normalized spacial score (nSPS) is 11.0. The van der Waals surface area contributed by atoms with Crippen molar-refractivity contribution in [2.24, 2.45) is 0 Å². The number of nitrogens with one attached hydrogen (secondary N) is 1. The molecular weight excluding hydrogens is 212 g/mol. The van der Waals surface area contributed by atoms with Crippen LogP contribution in [-0.4, -0.2) is 18.8 Å². The molecule has 0 saturated carbocycles. The minimum atomic E-state index is -0.119. The number of nitrogens with zero attached hydrogens (tertiary/aromatic N) is 1. The summed E-state index contributed by atoms with van der Waals surface area (Å²) in [6.07, 6.45) is 0. The average molecular weight is 232 g/mol. The number of hydrogen-bond donors (Lipinski definition) is 1. The molecule has 3 nitrogen and oxygen atoms in total. The molecule has 0 aliphatic rings. The number of ether oxygens (including phenoxy) is 1. The highest BCUT2D eigenvalue weighted by Crippen LogP contribution is 2.18. The molecule has 0 unspecified atom stereocenters. The minimum absolute atomic E-state index is 0.119. The smallest absolute Gasteiger partial charge is 0.102 e. The maximum absolute atomic E-state index is 9.06. The van der Waals surface area contributed by atoms with Gasteiger partial charge in [-0.2, -0.15) is 5.26 Å². The molecule has 0 spiro atoms. The van der Waals surface area contributed by atoms with E-state index in [1.54, 1.807) is 0 Å². The zero-order valence-electron chi connectivity index (χ0n) is 11.0. The van der Waals surface area contributed by atoms with Crippen LogP contribution < -0.4 is 5.32 Å². The van der Waals surface area contributed by atoms with Crippen molar-refractivity contribution in [1.82, 2.24) is 0 Å². The molecule has 0 heterocycles. The van der Waals surface area contributed by atoms with Gasteiger partial charge in [0.1, 0.15) is 6.07 Å². The summed E-state index contributed by atoms with van der Waals surface area (Å²) < 4.78 is 5.61. The summed E-state index contributed by atoms with van der Waals surface area (Å²) in [4.78, 5) is 0. The Balaban J connectivity index is 2.53. The van der Waals surface area contributed by atoms with Gasteiger partial charge in [0.2, 0.25) is 0 Å². The maximum Gasteiger partial charge on any atom is 0.102 e. The molecule has 0 bridgehead atoms. The molecule has 17 heavy (non-hydrogen) atoms. The van der Waals surface area contributed by atoms with Gasteiger partial charge in [-0.25, -0.2) is 0 Å². The fourth-order valence-corrected chi connectivity index (χ4v) is 1.51. The SMILES string of the molecule is Cc1cccc(NCCOC(C)(C)C)c1C#N. The Morgan fingerprint density at radius 1 is 1.35 bits per heavy atom. The Labute approximate surface area is 103 Å². The largest absolute Gasteiger partial charge is 0.382 e. The van der Waals surface area contributed by atoms with Gasteiger partial charge in [0.05, 0.1) is 23.5 Å². The lowest BCUT2D eigenvalue weighted by Crippen LogP contribution is -2.23. The predicted octanol–water partition coefficient (Wildman–Crippen LogP) is 3.09. The van der Waals surface area contributed by atoms with Gasteiger partial charge in [0.15, 0.2) is 0 Å². The van der Waals surface area contributed by atoms with Gasteiger partial charge >= 0.3 is 0 Å². The molecule has 0 atom stereocenters. The van der Waals surface area contributed by atoms with E-state index in [-0.39, 0.29) is 5.60 Å². The maximum atomic E-state index is 9.06. The number of aryl methyl sites for hydroxylation is 1. The van der Waals surface area contributed by atoms with Crippen LogP contribution in [0, 0.1) is 18.3 Å². The van der Waals surface area contributed by atoms with Crippen molar-refractivity contribution in [2.75, 3.05) is 18.5 Å². The second kappa shape index (κ2) is 5.70. The molecule has 1 aromatic carbocycles. The lowest BCUT2D eigenvalue weighted by Gasteiger charge is -2.20. The average Bonchev–Trinajstić information content (AvgIpc) is 2.23. The van der Waals surface area contributed by atoms with Crippen LogP contribution in [0.2, 0.25) is 0 Å². The number of rotatable bonds is 4. The molecule has 92 valence electrons. The Bertz CT molecular complexity index is 413. The third kappa shape index (κ3) is 4.46. The quantitative estimate of drug-likeness (QED) is 0.811. The van der Waals surface area contributed by atoms with E-state index < -0.39 is 0 Å². The second-order valence-electron chi connectivity index (χ2n) is 5.00. The Hall–Kier alpha value is -1.53. The van der Waals surface area contributed by atoms with Crippen LogP contribution in [0.3, 0.4) is 0 Å². The molecule has 0 aromatic heterocycles. The molecule has 3 heteroatoms. The number of hydrogen-bond acceptors (Lipinski definition) is 3. The fraction of sp³-hybridized carbons (Fsp3) is 0.500. The molecule has 0 amide bonds. The summed E-state index contributed by atoms with van der Waals surface area (Å²) in [6, 6.07) is 8.02. The monoisotopic (exact) mass is 232 g/mol. The topological polar surface area (TPSA) is 45.0 Å². The van der Waals surface area contributed by atoms with E-state index >= 15 is 0 Å². The van der Waals surface area contributed by atoms with Crippen molar-refractivity contribution < 1.29 is 4.74 Å². The molecule has 0 radical (unpaired) electrons. The molecule has 1 aromatic rings. The van der Waals surface area contributed by atoms with E-state index in [9.17, 15) is 0 Å². The highest BCUT2D eigenvalue weighted by Gasteiger charge is 2.09. The van der Waals surface area contributed by atoms with Crippen molar-refractivity contribution in [2.45, 2.75) is 33.3 Å². The van der Waals surface area contributed by atoms with Crippen molar-refractivity contribution in [3.05, 3.63) is 29.3 Å². The predicted molar refractivity (Wildman–Crippen MR) is 70.1 cm³/mol. The van der Waals surface area contributed by atoms with Crippen LogP contribution in [0.5, 0.6) is 0 Å². The summed E-state index contributed by atoms with van der Waals surface area (Å²) in [5.41, 5.74) is 2.47. The van der Waals surface area contributed by atoms with Crippen LogP contribution in [-0.2, 0) is 4.74 Å². The first kappa shape index (κ1) is 13.5. The highest BCUT2D eigenvalue weighted by molar-refractivity contribution is 5.60. The number of benzene rings is 1. The molecule has 0 saturated heterocycles. The summed E-state index contributed by atoms with van der Waals surface area (Å²) in [6.45, 7) is 9.36. The van der Waals surface area contributed by atoms with E-state index in [4.69, 9.17) is 10.00 Å². The zero-order valence-corrected chi connectivity index (χ0v) is 11.0. The lowest BCUT2D eigenvalue weighted by atomic mass is 10.1. The molecule has 0 aliphatic heterocycles. The van der Waals surface area contributed by atoms with Crippen molar-refractivity contribution in [1.29, 1.82) is 5.26 Å². The van der Waals surface area contributed by atoms with E-state index in [1.165, 1.54) is 0 Å². The third-order valence-corrected chi connectivity index (χ3v) is 2.34. The lowest BCUT2D eigenvalue weighted by molar-refractivity contribution is 0.00333. The van der Waals surface area contributed by atoms with Crippen LogP contribution in [0.1, 0.15) is 31.9 Å². The van der Waals surface area contributed by atoms with Gasteiger partial charge in [0, 0.05) is 6.54 Å². The molecular formula is C14H20N2O. The fourth-order valence-electron chi connectivity index (χ4n) is 1.51. The van der Waals surface area contributed by atoms with Crippen LogP contribution in [0.4, 0.5) is 5.69 Å². The first-order valence-electron chi connectivity index (χ1n) is 5.81. The van der Waals surface area contributed by atoms with Crippen molar-refractivity contribution >= 4 is 5.69 Å². The first-order valence-corrected chi connectivity index (χ1v) is 5.81. The van der Waals surface area contributed by atoms with Gasteiger partial charge in [-0.3, -0.25) is 0 Å². The van der Waals surface area contributed by atoms with Crippen LogP contribution in [0.15, 0.2) is 18.2 Å². The molecule has 1 rings (SSSR count). The van der Waals surface area contributed by atoms with Gasteiger partial charge in [-0.05, 0) is 39.3 Å². The number of nitriles is 1. The zero-order chi connectivity index (χ0) is 12.9. The summed E-state index contributed by atoms with van der Waals surface area (Å²) in [5, 5.41) is 12.3. The standard InChI is InChI=1S/C14H20N2O/c1-11-6-5-7-13(12(11)10-15)16-8-9-17-14(2,3)4/h5-7,16H,8-9H2,1-4H3. The Morgan fingerprint density at radius 3 is 2.65 bits per heavy atom. The highest BCUT2D eigenvalue weighted by atomic mass is 16.5. The summed E-state index contributed by atoms with van der Waals surface area (Å²) in [7, 11) is 0. The van der Waals surface area contributed by atoms with Crippen molar-refractivity contribution in [3.8, 4) is 6.07 Å². The summed E-state index contributed by atoms with van der Waals surface area (Å²) >= 11 is 0. The van der Waals surface area contributed by atoms with Gasteiger partial charge in [0.25, 0.3) is 0 Å². The van der Waals surface area contributed by atoms with Crippen LogP contribution >= 0.6 is 0 Å². The second-order valence-corrected chi connectivity index (χ2v) is 5.00. The van der Waals surface area contributed by atoms with Gasteiger partial charge in [-0.1, -0.05) is 12.1 Å². The van der Waals surface area contributed by atoms with E-state index in [0.717, 1.165) is 11.3 Å². The minimum Gasteiger partial charge on any atom is -0.382 e. The molecule has 1 N–H and O–H groups in total. The Kier molecular flexibility index (Phi) is 4.53. The third-order valence-electron chi connectivity index (χ3n) is 2.34. The molecule has 0 aliphatic carbocycles. The summed E-state index contributed by atoms with van der Waals surface area (Å²) in [5.74, 6) is 0. The number of anilines is 1. The van der Waals surface area contributed by atoms with Crippen LogP contribution in [0.25, 0.3) is 0 Å². The Morgan fingerprint density at radius 2 is 2.06 bits per heavy atom. The first-order chi connectivity index (χ1) is 7.94. The van der Waals surface area contributed by atoms with E-state index in [0.29, 0.717) is 18.7 Å². The van der Waals surface area contributed by atoms with Gasteiger partial charge < -0.3 is 10.1 Å². The van der Waals surface area contributed by atoms with E-state index in [2.05, 4.69) is 11.4 Å². The van der Waals surface area contributed by atoms with Gasteiger partial charge in [-0.15, -0.1) is 0 Å². The van der Waals surface area contributed by atoms with Crippen molar-refractivity contribution in [3.63, 3.8) is 0 Å².